The molecular formula is C11H10BrNO. The highest BCUT2D eigenvalue weighted by Crippen LogP contribution is 2.14. The second kappa shape index (κ2) is 4.92. The summed E-state index contributed by atoms with van der Waals surface area (Å²) in [5.41, 5.74) is 1.11. The maximum atomic E-state index is 11.7. The number of nitrogens with zero attached hydrogens (tertiary/aromatic N) is 1. The van der Waals surface area contributed by atoms with Gasteiger partial charge in [0, 0.05) is 5.56 Å². The van der Waals surface area contributed by atoms with Crippen LogP contribution in [0, 0.1) is 11.3 Å². The van der Waals surface area contributed by atoms with Crippen LogP contribution in [0.15, 0.2) is 24.3 Å². The lowest BCUT2D eigenvalue weighted by atomic mass is 10.0. The molecule has 3 heteroatoms. The number of carbonyl (C=O) groups excluding carboxylic acids is 1. The van der Waals surface area contributed by atoms with Crippen molar-refractivity contribution >= 4 is 21.7 Å². The summed E-state index contributed by atoms with van der Waals surface area (Å²) in [6, 6.07) is 8.77. The van der Waals surface area contributed by atoms with Crippen molar-refractivity contribution in [3.8, 4) is 6.07 Å². The highest BCUT2D eigenvalue weighted by molar-refractivity contribution is 9.10. The molecule has 0 N–H and O–H groups in total. The molecule has 0 aromatic heterocycles. The molecule has 0 fully saturated rings. The predicted molar refractivity (Wildman–Crippen MR) is 58.5 cm³/mol. The van der Waals surface area contributed by atoms with Gasteiger partial charge in [-0.2, -0.15) is 5.26 Å². The van der Waals surface area contributed by atoms with E-state index in [4.69, 9.17) is 5.26 Å². The second-order valence-corrected chi connectivity index (χ2v) is 4.04. The number of benzene rings is 1. The van der Waals surface area contributed by atoms with Crippen LogP contribution in [0.1, 0.15) is 29.3 Å². The number of rotatable bonds is 3. The van der Waals surface area contributed by atoms with Crippen molar-refractivity contribution in [2.75, 3.05) is 0 Å². The van der Waals surface area contributed by atoms with Gasteiger partial charge in [0.2, 0.25) is 0 Å². The Morgan fingerprint density at radius 1 is 1.64 bits per heavy atom. The van der Waals surface area contributed by atoms with Crippen LogP contribution in [0.5, 0.6) is 0 Å². The minimum absolute atomic E-state index is 0.0320. The maximum Gasteiger partial charge on any atom is 0.176 e. The average molecular weight is 252 g/mol. The average Bonchev–Trinajstić information content (AvgIpc) is 2.27. The number of halogens is 1. The van der Waals surface area contributed by atoms with Crippen LogP contribution >= 0.6 is 15.9 Å². The molecule has 1 aromatic carbocycles. The summed E-state index contributed by atoms with van der Waals surface area (Å²) in [6.45, 7) is 1.94. The lowest BCUT2D eigenvalue weighted by molar-refractivity contribution is 0.0990. The van der Waals surface area contributed by atoms with E-state index in [1.807, 2.05) is 13.0 Å². The fraction of sp³-hybridized carbons (Fsp3) is 0.273. The van der Waals surface area contributed by atoms with E-state index in [1.165, 1.54) is 0 Å². The van der Waals surface area contributed by atoms with Gasteiger partial charge in [-0.1, -0.05) is 35.0 Å². The van der Waals surface area contributed by atoms with Gasteiger partial charge < -0.3 is 0 Å². The van der Waals surface area contributed by atoms with Crippen molar-refractivity contribution in [3.63, 3.8) is 0 Å². The minimum atomic E-state index is -0.156. The number of alkyl halides is 1. The van der Waals surface area contributed by atoms with Crippen LogP contribution in [0.3, 0.4) is 0 Å². The molecule has 72 valence electrons. The topological polar surface area (TPSA) is 40.9 Å². The van der Waals surface area contributed by atoms with Crippen LogP contribution in [0.4, 0.5) is 0 Å². The van der Waals surface area contributed by atoms with E-state index < -0.39 is 0 Å². The van der Waals surface area contributed by atoms with Crippen molar-refractivity contribution in [1.29, 1.82) is 5.26 Å². The largest absolute Gasteiger partial charge is 0.293 e. The Hall–Kier alpha value is -1.14. The molecule has 0 saturated heterocycles. The quantitative estimate of drug-likeness (QED) is 0.613. The lowest BCUT2D eigenvalue weighted by Crippen LogP contribution is -2.12. The molecule has 2 nitrogen and oxygen atoms in total. The number of ketones is 1. The third-order valence-electron chi connectivity index (χ3n) is 1.92. The van der Waals surface area contributed by atoms with Gasteiger partial charge in [0.1, 0.15) is 0 Å². The third kappa shape index (κ3) is 2.43. The Labute approximate surface area is 91.7 Å². The van der Waals surface area contributed by atoms with Crippen LogP contribution in [0.2, 0.25) is 0 Å². The Morgan fingerprint density at radius 3 is 2.93 bits per heavy atom. The smallest absolute Gasteiger partial charge is 0.176 e. The van der Waals surface area contributed by atoms with E-state index in [1.54, 1.807) is 24.3 Å². The molecule has 14 heavy (non-hydrogen) atoms. The summed E-state index contributed by atoms with van der Waals surface area (Å²) in [6.07, 6.45) is 0.746. The zero-order valence-corrected chi connectivity index (χ0v) is 9.41. The minimum Gasteiger partial charge on any atom is -0.293 e. The van der Waals surface area contributed by atoms with Crippen molar-refractivity contribution in [1.82, 2.24) is 0 Å². The molecule has 1 atom stereocenters. The van der Waals surface area contributed by atoms with E-state index in [2.05, 4.69) is 15.9 Å². The summed E-state index contributed by atoms with van der Waals surface area (Å²) >= 11 is 3.29. The van der Waals surface area contributed by atoms with Crippen LogP contribution in [-0.2, 0) is 0 Å². The second-order valence-electron chi connectivity index (χ2n) is 2.93. The van der Waals surface area contributed by atoms with Crippen molar-refractivity contribution in [3.05, 3.63) is 35.4 Å². The number of nitriles is 1. The fourth-order valence-corrected chi connectivity index (χ4v) is 1.37. The highest BCUT2D eigenvalue weighted by Gasteiger charge is 2.14. The van der Waals surface area contributed by atoms with Gasteiger partial charge in [0.25, 0.3) is 0 Å². The third-order valence-corrected chi connectivity index (χ3v) is 2.98. The SMILES string of the molecule is CCC(Br)C(=O)c1cccc(C#N)c1. The first kappa shape index (κ1) is 10.9. The highest BCUT2D eigenvalue weighted by atomic mass is 79.9. The first-order chi connectivity index (χ1) is 6.69. The summed E-state index contributed by atoms with van der Waals surface area (Å²) in [5, 5.41) is 8.67. The number of Topliss-reactive ketones (excluding diaryl/α,β-unsaturated/α-hetero) is 1. The zero-order valence-electron chi connectivity index (χ0n) is 7.83. The summed E-state index contributed by atoms with van der Waals surface area (Å²) in [5.74, 6) is 0.0320. The van der Waals surface area contributed by atoms with Crippen LogP contribution < -0.4 is 0 Å². The molecule has 0 aliphatic carbocycles. The van der Waals surface area contributed by atoms with Crippen molar-refractivity contribution in [2.45, 2.75) is 18.2 Å². The van der Waals surface area contributed by atoms with Gasteiger partial charge in [-0.25, -0.2) is 0 Å². The van der Waals surface area contributed by atoms with Gasteiger partial charge in [0.15, 0.2) is 5.78 Å². The lowest BCUT2D eigenvalue weighted by Gasteiger charge is -2.05. The van der Waals surface area contributed by atoms with E-state index in [-0.39, 0.29) is 10.6 Å². The number of carbonyl (C=O) groups is 1. The molecule has 1 unspecified atom stereocenters. The Bertz CT molecular complexity index is 381. The molecule has 1 aromatic rings. The number of hydrogen-bond donors (Lipinski definition) is 0. The Balaban J connectivity index is 2.97. The Morgan fingerprint density at radius 2 is 2.36 bits per heavy atom. The molecule has 0 aliphatic heterocycles. The van der Waals surface area contributed by atoms with Crippen molar-refractivity contribution in [2.24, 2.45) is 0 Å². The molecule has 1 rings (SSSR count). The standard InChI is InChI=1S/C11H10BrNO/c1-2-10(12)11(14)9-5-3-4-8(6-9)7-13/h3-6,10H,2H2,1H3. The Kier molecular flexibility index (Phi) is 3.84. The monoisotopic (exact) mass is 251 g/mol. The normalized spacial score (nSPS) is 11.8. The van der Waals surface area contributed by atoms with Gasteiger partial charge in [-0.15, -0.1) is 0 Å². The molecule has 0 saturated carbocycles. The summed E-state index contributed by atoms with van der Waals surface area (Å²) < 4.78 is 0. The van der Waals surface area contributed by atoms with Gasteiger partial charge in [-0.3, -0.25) is 4.79 Å². The van der Waals surface area contributed by atoms with Crippen molar-refractivity contribution < 1.29 is 4.79 Å². The molecule has 0 radical (unpaired) electrons. The predicted octanol–water partition coefficient (Wildman–Crippen LogP) is 2.91. The molecule has 0 spiro atoms. The van der Waals surface area contributed by atoms with E-state index >= 15 is 0 Å². The van der Waals surface area contributed by atoms with Gasteiger partial charge in [0.05, 0.1) is 16.5 Å². The van der Waals surface area contributed by atoms with Gasteiger partial charge in [-0.05, 0) is 18.6 Å². The molecule has 0 amide bonds. The molecule has 0 bridgehead atoms. The van der Waals surface area contributed by atoms with E-state index in [9.17, 15) is 4.79 Å². The van der Waals surface area contributed by atoms with Crippen LogP contribution in [0.25, 0.3) is 0 Å². The number of hydrogen-bond acceptors (Lipinski definition) is 2. The first-order valence-electron chi connectivity index (χ1n) is 4.37. The van der Waals surface area contributed by atoms with E-state index in [0.717, 1.165) is 6.42 Å². The zero-order chi connectivity index (χ0) is 10.6. The molecule has 0 heterocycles. The summed E-state index contributed by atoms with van der Waals surface area (Å²) in [4.78, 5) is 11.5. The summed E-state index contributed by atoms with van der Waals surface area (Å²) in [7, 11) is 0. The first-order valence-corrected chi connectivity index (χ1v) is 5.29. The molecular weight excluding hydrogens is 242 g/mol. The van der Waals surface area contributed by atoms with Gasteiger partial charge >= 0.3 is 0 Å². The van der Waals surface area contributed by atoms with Crippen LogP contribution in [-0.4, -0.2) is 10.6 Å². The fourth-order valence-electron chi connectivity index (χ4n) is 1.11. The van der Waals surface area contributed by atoms with E-state index in [0.29, 0.717) is 11.1 Å². The maximum absolute atomic E-state index is 11.7. The molecule has 0 aliphatic rings.